The predicted molar refractivity (Wildman–Crippen MR) is 103 cm³/mol. The Hall–Kier alpha value is -3.09. The number of anilines is 1. The van der Waals surface area contributed by atoms with Crippen LogP contribution in [0.2, 0.25) is 0 Å². The third kappa shape index (κ3) is 6.29. The molecule has 0 aliphatic rings. The van der Waals surface area contributed by atoms with Crippen molar-refractivity contribution in [1.82, 2.24) is 10.3 Å². The largest absolute Gasteiger partial charge is 0.490 e. The number of aromatic nitrogens is 1. The van der Waals surface area contributed by atoms with Gasteiger partial charge in [-0.3, -0.25) is 9.59 Å². The number of hydrogen-bond acceptors (Lipinski definition) is 5. The van der Waals surface area contributed by atoms with Gasteiger partial charge < -0.3 is 20.1 Å². The highest BCUT2D eigenvalue weighted by atomic mass is 16.5. The number of pyridine rings is 1. The van der Waals surface area contributed by atoms with Crippen molar-refractivity contribution in [2.24, 2.45) is 0 Å². The van der Waals surface area contributed by atoms with Crippen molar-refractivity contribution in [3.05, 3.63) is 47.7 Å². The number of hydrogen-bond donors (Lipinski definition) is 2. The van der Waals surface area contributed by atoms with Crippen molar-refractivity contribution < 1.29 is 19.1 Å². The number of nitrogens with zero attached hydrogens (tertiary/aromatic N) is 1. The molecule has 0 atom stereocenters. The number of amides is 2. The van der Waals surface area contributed by atoms with Crippen LogP contribution in [0.1, 0.15) is 25.1 Å². The molecule has 0 spiro atoms. The first-order chi connectivity index (χ1) is 13.0. The molecule has 0 radical (unpaired) electrons. The first-order valence-electron chi connectivity index (χ1n) is 8.94. The molecule has 2 aromatic rings. The zero-order valence-corrected chi connectivity index (χ0v) is 15.9. The van der Waals surface area contributed by atoms with Gasteiger partial charge in [0.15, 0.2) is 11.5 Å². The Kier molecular flexibility index (Phi) is 7.61. The second-order valence-electron chi connectivity index (χ2n) is 5.77. The van der Waals surface area contributed by atoms with E-state index in [1.54, 1.807) is 12.1 Å². The Labute approximate surface area is 159 Å². The summed E-state index contributed by atoms with van der Waals surface area (Å²) in [5.74, 6) is 0.274. The summed E-state index contributed by atoms with van der Waals surface area (Å²) in [5.41, 5.74) is 1.73. The van der Waals surface area contributed by atoms with E-state index in [0.29, 0.717) is 43.5 Å². The van der Waals surface area contributed by atoms with Crippen LogP contribution >= 0.6 is 0 Å². The molecule has 0 fully saturated rings. The lowest BCUT2D eigenvalue weighted by molar-refractivity contribution is -0.136. The smallest absolute Gasteiger partial charge is 0.314 e. The number of benzene rings is 1. The number of ether oxygens (including phenoxy) is 2. The van der Waals surface area contributed by atoms with Crippen LogP contribution in [0.3, 0.4) is 0 Å². The minimum absolute atomic E-state index is 0.326. The van der Waals surface area contributed by atoms with E-state index in [1.165, 1.54) is 0 Å². The molecule has 2 amide bonds. The standard InChI is InChI=1S/C20H25N3O4/c1-4-26-16-10-9-15(13-17(16)27-5-2)11-12-21-19(24)20(25)23-18-8-6-7-14(3)22-18/h6-10,13H,4-5,11-12H2,1-3H3,(H,21,24)(H,22,23,25). The zero-order chi connectivity index (χ0) is 19.6. The summed E-state index contributed by atoms with van der Waals surface area (Å²) < 4.78 is 11.1. The normalized spacial score (nSPS) is 10.2. The van der Waals surface area contributed by atoms with Gasteiger partial charge in [-0.15, -0.1) is 0 Å². The van der Waals surface area contributed by atoms with E-state index in [0.717, 1.165) is 11.3 Å². The van der Waals surface area contributed by atoms with Crippen LogP contribution < -0.4 is 20.1 Å². The van der Waals surface area contributed by atoms with Gasteiger partial charge in [-0.25, -0.2) is 4.98 Å². The Morgan fingerprint density at radius 1 is 1.00 bits per heavy atom. The topological polar surface area (TPSA) is 89.5 Å². The summed E-state index contributed by atoms with van der Waals surface area (Å²) in [6.07, 6.45) is 0.564. The molecule has 2 rings (SSSR count). The van der Waals surface area contributed by atoms with Gasteiger partial charge in [0.05, 0.1) is 13.2 Å². The Morgan fingerprint density at radius 2 is 1.74 bits per heavy atom. The predicted octanol–water partition coefficient (Wildman–Crippen LogP) is 2.48. The minimum Gasteiger partial charge on any atom is -0.490 e. The molecule has 1 heterocycles. The molecule has 0 unspecified atom stereocenters. The van der Waals surface area contributed by atoms with Crippen LogP contribution in [-0.2, 0) is 16.0 Å². The molecule has 0 saturated carbocycles. The molecule has 1 aromatic heterocycles. The van der Waals surface area contributed by atoms with Gasteiger partial charge in [0.1, 0.15) is 5.82 Å². The first-order valence-corrected chi connectivity index (χ1v) is 8.94. The first kappa shape index (κ1) is 20.2. The van der Waals surface area contributed by atoms with Gasteiger partial charge in [-0.05, 0) is 57.0 Å². The fourth-order valence-corrected chi connectivity index (χ4v) is 2.44. The fourth-order valence-electron chi connectivity index (χ4n) is 2.44. The molecule has 1 aromatic carbocycles. The Bertz CT molecular complexity index is 793. The molecule has 0 aliphatic heterocycles. The number of aryl methyl sites for hydroxylation is 1. The Morgan fingerprint density at radius 3 is 2.44 bits per heavy atom. The average molecular weight is 371 g/mol. The van der Waals surface area contributed by atoms with E-state index < -0.39 is 11.8 Å². The highest BCUT2D eigenvalue weighted by molar-refractivity contribution is 6.39. The molecule has 7 heteroatoms. The SMILES string of the molecule is CCOc1ccc(CCNC(=O)C(=O)Nc2cccc(C)n2)cc1OCC. The fraction of sp³-hybridized carbons (Fsp3) is 0.350. The minimum atomic E-state index is -0.741. The maximum atomic E-state index is 11.9. The highest BCUT2D eigenvalue weighted by Crippen LogP contribution is 2.28. The van der Waals surface area contributed by atoms with Crippen molar-refractivity contribution >= 4 is 17.6 Å². The van der Waals surface area contributed by atoms with Crippen LogP contribution in [-0.4, -0.2) is 36.6 Å². The molecular formula is C20H25N3O4. The van der Waals surface area contributed by atoms with E-state index in [1.807, 2.05) is 45.0 Å². The van der Waals surface area contributed by atoms with Crippen molar-refractivity contribution in [3.63, 3.8) is 0 Å². The van der Waals surface area contributed by atoms with Crippen molar-refractivity contribution in [3.8, 4) is 11.5 Å². The van der Waals surface area contributed by atoms with Crippen LogP contribution in [0.15, 0.2) is 36.4 Å². The van der Waals surface area contributed by atoms with Gasteiger partial charge in [0.2, 0.25) is 0 Å². The van der Waals surface area contributed by atoms with Crippen LogP contribution in [0.25, 0.3) is 0 Å². The van der Waals surface area contributed by atoms with Crippen molar-refractivity contribution in [2.45, 2.75) is 27.2 Å². The molecule has 0 bridgehead atoms. The number of carbonyl (C=O) groups is 2. The van der Waals surface area contributed by atoms with E-state index in [4.69, 9.17) is 9.47 Å². The van der Waals surface area contributed by atoms with E-state index >= 15 is 0 Å². The lowest BCUT2D eigenvalue weighted by atomic mass is 10.1. The van der Waals surface area contributed by atoms with Crippen LogP contribution in [0.4, 0.5) is 5.82 Å². The molecular weight excluding hydrogens is 346 g/mol. The van der Waals surface area contributed by atoms with Gasteiger partial charge in [0.25, 0.3) is 0 Å². The highest BCUT2D eigenvalue weighted by Gasteiger charge is 2.14. The second-order valence-corrected chi connectivity index (χ2v) is 5.77. The average Bonchev–Trinajstić information content (AvgIpc) is 2.64. The van der Waals surface area contributed by atoms with E-state index in [2.05, 4.69) is 15.6 Å². The van der Waals surface area contributed by atoms with Gasteiger partial charge >= 0.3 is 11.8 Å². The lowest BCUT2D eigenvalue weighted by Gasteiger charge is -2.12. The van der Waals surface area contributed by atoms with Crippen LogP contribution in [0.5, 0.6) is 11.5 Å². The maximum absolute atomic E-state index is 11.9. The van der Waals surface area contributed by atoms with Crippen molar-refractivity contribution in [2.75, 3.05) is 25.1 Å². The maximum Gasteiger partial charge on any atom is 0.314 e. The summed E-state index contributed by atoms with van der Waals surface area (Å²) in [6.45, 7) is 7.05. The van der Waals surface area contributed by atoms with Gasteiger partial charge in [-0.1, -0.05) is 12.1 Å². The summed E-state index contributed by atoms with van der Waals surface area (Å²) >= 11 is 0. The Balaban J connectivity index is 1.86. The zero-order valence-electron chi connectivity index (χ0n) is 15.9. The summed E-state index contributed by atoms with van der Waals surface area (Å²) in [7, 11) is 0. The number of nitrogens with one attached hydrogen (secondary N) is 2. The molecule has 2 N–H and O–H groups in total. The van der Waals surface area contributed by atoms with Crippen LogP contribution in [0, 0.1) is 6.92 Å². The molecule has 0 saturated heterocycles. The molecule has 27 heavy (non-hydrogen) atoms. The monoisotopic (exact) mass is 371 g/mol. The third-order valence-corrected chi connectivity index (χ3v) is 3.64. The summed E-state index contributed by atoms with van der Waals surface area (Å²) in [4.78, 5) is 28.0. The summed E-state index contributed by atoms with van der Waals surface area (Å²) in [5, 5.41) is 5.09. The number of rotatable bonds is 8. The second kappa shape index (κ2) is 10.2. The van der Waals surface area contributed by atoms with E-state index in [-0.39, 0.29) is 0 Å². The lowest BCUT2D eigenvalue weighted by Crippen LogP contribution is -2.36. The number of carbonyl (C=O) groups excluding carboxylic acids is 2. The van der Waals surface area contributed by atoms with Gasteiger partial charge in [-0.2, -0.15) is 0 Å². The summed E-state index contributed by atoms with van der Waals surface area (Å²) in [6, 6.07) is 10.9. The molecule has 7 nitrogen and oxygen atoms in total. The quantitative estimate of drug-likeness (QED) is 0.696. The van der Waals surface area contributed by atoms with Gasteiger partial charge in [0, 0.05) is 12.2 Å². The molecule has 0 aliphatic carbocycles. The third-order valence-electron chi connectivity index (χ3n) is 3.64. The van der Waals surface area contributed by atoms with Crippen molar-refractivity contribution in [1.29, 1.82) is 0 Å². The van der Waals surface area contributed by atoms with E-state index in [9.17, 15) is 9.59 Å². The molecule has 144 valence electrons.